The molecular weight excluding hydrogens is 450 g/mol. The molecule has 1 aromatic heterocycles. The molecular formula is C31H20ClN3. The molecule has 6 aromatic rings. The predicted molar refractivity (Wildman–Crippen MR) is 144 cm³/mol. The molecule has 0 aliphatic carbocycles. The van der Waals surface area contributed by atoms with Crippen LogP contribution < -0.4 is 0 Å². The summed E-state index contributed by atoms with van der Waals surface area (Å²) >= 11 is 6.05. The molecule has 0 amide bonds. The van der Waals surface area contributed by atoms with Gasteiger partial charge in [0, 0.05) is 21.7 Å². The van der Waals surface area contributed by atoms with Gasteiger partial charge in [0.15, 0.2) is 17.5 Å². The van der Waals surface area contributed by atoms with Crippen molar-refractivity contribution in [3.8, 4) is 45.3 Å². The van der Waals surface area contributed by atoms with E-state index in [0.29, 0.717) is 17.5 Å². The highest BCUT2D eigenvalue weighted by molar-refractivity contribution is 6.30. The molecule has 0 aliphatic rings. The average Bonchev–Trinajstić information content (AvgIpc) is 2.93. The molecule has 0 unspecified atom stereocenters. The normalized spacial score (nSPS) is 11.0. The fourth-order valence-electron chi connectivity index (χ4n) is 4.22. The van der Waals surface area contributed by atoms with Gasteiger partial charge in [0.05, 0.1) is 0 Å². The SMILES string of the molecule is Clc1ccc(-c2ccc(-c3nc(-c4ccccc4)nc(-c4cccc5ccccc45)n3)cc2)cc1. The smallest absolute Gasteiger partial charge is 0.164 e. The van der Waals surface area contributed by atoms with Crippen molar-refractivity contribution in [3.63, 3.8) is 0 Å². The van der Waals surface area contributed by atoms with Gasteiger partial charge >= 0.3 is 0 Å². The van der Waals surface area contributed by atoms with E-state index in [1.165, 1.54) is 0 Å². The van der Waals surface area contributed by atoms with Crippen LogP contribution in [0.5, 0.6) is 0 Å². The molecule has 0 fully saturated rings. The molecule has 0 saturated heterocycles. The number of hydrogen-bond acceptors (Lipinski definition) is 3. The van der Waals surface area contributed by atoms with Gasteiger partial charge in [-0.2, -0.15) is 0 Å². The number of halogens is 1. The lowest BCUT2D eigenvalue weighted by Gasteiger charge is -2.10. The van der Waals surface area contributed by atoms with Gasteiger partial charge in [-0.15, -0.1) is 0 Å². The molecule has 0 N–H and O–H groups in total. The summed E-state index contributed by atoms with van der Waals surface area (Å²) in [6.45, 7) is 0. The van der Waals surface area contributed by atoms with E-state index in [4.69, 9.17) is 26.6 Å². The minimum atomic E-state index is 0.643. The first kappa shape index (κ1) is 21.2. The molecule has 0 radical (unpaired) electrons. The van der Waals surface area contributed by atoms with Crippen LogP contribution in [0.4, 0.5) is 0 Å². The monoisotopic (exact) mass is 469 g/mol. The molecule has 35 heavy (non-hydrogen) atoms. The first-order valence-corrected chi connectivity index (χ1v) is 11.8. The van der Waals surface area contributed by atoms with Crippen molar-refractivity contribution < 1.29 is 0 Å². The van der Waals surface area contributed by atoms with Crippen LogP contribution in [0.15, 0.2) is 121 Å². The van der Waals surface area contributed by atoms with Crippen LogP contribution in [-0.2, 0) is 0 Å². The number of benzene rings is 5. The highest BCUT2D eigenvalue weighted by atomic mass is 35.5. The molecule has 3 nitrogen and oxygen atoms in total. The largest absolute Gasteiger partial charge is 0.208 e. The number of aromatic nitrogens is 3. The quantitative estimate of drug-likeness (QED) is 0.260. The summed E-state index contributed by atoms with van der Waals surface area (Å²) in [5.74, 6) is 1.96. The van der Waals surface area contributed by atoms with E-state index in [1.54, 1.807) is 0 Å². The molecule has 0 spiro atoms. The van der Waals surface area contributed by atoms with Crippen LogP contribution in [0.1, 0.15) is 0 Å². The van der Waals surface area contributed by atoms with Gasteiger partial charge in [0.2, 0.25) is 0 Å². The topological polar surface area (TPSA) is 38.7 Å². The second-order valence-electron chi connectivity index (χ2n) is 8.28. The van der Waals surface area contributed by atoms with Gasteiger partial charge in [-0.05, 0) is 34.0 Å². The number of hydrogen-bond donors (Lipinski definition) is 0. The van der Waals surface area contributed by atoms with Crippen LogP contribution in [0.25, 0.3) is 56.1 Å². The maximum atomic E-state index is 6.05. The summed E-state index contributed by atoms with van der Waals surface area (Å²) < 4.78 is 0. The highest BCUT2D eigenvalue weighted by Gasteiger charge is 2.14. The van der Waals surface area contributed by atoms with Crippen LogP contribution in [-0.4, -0.2) is 15.0 Å². The lowest BCUT2D eigenvalue weighted by atomic mass is 10.0. The lowest BCUT2D eigenvalue weighted by Crippen LogP contribution is -2.00. The van der Waals surface area contributed by atoms with Crippen LogP contribution in [0, 0.1) is 0 Å². The Balaban J connectivity index is 1.49. The van der Waals surface area contributed by atoms with Crippen LogP contribution in [0.2, 0.25) is 5.02 Å². The average molecular weight is 470 g/mol. The van der Waals surface area contributed by atoms with E-state index in [1.807, 2.05) is 72.8 Å². The first-order valence-electron chi connectivity index (χ1n) is 11.4. The Morgan fingerprint density at radius 3 is 1.63 bits per heavy atom. The molecule has 5 aromatic carbocycles. The number of fused-ring (bicyclic) bond motifs is 1. The molecule has 4 heteroatoms. The second-order valence-corrected chi connectivity index (χ2v) is 8.72. The minimum absolute atomic E-state index is 0.643. The maximum Gasteiger partial charge on any atom is 0.164 e. The summed E-state index contributed by atoms with van der Waals surface area (Å²) in [4.78, 5) is 14.7. The zero-order chi connectivity index (χ0) is 23.6. The molecule has 0 saturated carbocycles. The fourth-order valence-corrected chi connectivity index (χ4v) is 4.34. The highest BCUT2D eigenvalue weighted by Crippen LogP contribution is 2.30. The van der Waals surface area contributed by atoms with Gasteiger partial charge in [-0.1, -0.05) is 121 Å². The van der Waals surface area contributed by atoms with Crippen LogP contribution in [0.3, 0.4) is 0 Å². The first-order chi connectivity index (χ1) is 17.2. The molecule has 1 heterocycles. The second kappa shape index (κ2) is 9.13. The van der Waals surface area contributed by atoms with Crippen molar-refractivity contribution in [2.75, 3.05) is 0 Å². The van der Waals surface area contributed by atoms with E-state index in [2.05, 4.69) is 48.5 Å². The minimum Gasteiger partial charge on any atom is -0.208 e. The third-order valence-electron chi connectivity index (χ3n) is 6.02. The van der Waals surface area contributed by atoms with Crippen molar-refractivity contribution in [1.29, 1.82) is 0 Å². The zero-order valence-electron chi connectivity index (χ0n) is 18.8. The van der Waals surface area contributed by atoms with Gasteiger partial charge in [0.1, 0.15) is 0 Å². The molecule has 166 valence electrons. The van der Waals surface area contributed by atoms with Crippen molar-refractivity contribution >= 4 is 22.4 Å². The number of rotatable bonds is 4. The van der Waals surface area contributed by atoms with Gasteiger partial charge < -0.3 is 0 Å². The van der Waals surface area contributed by atoms with E-state index >= 15 is 0 Å². The van der Waals surface area contributed by atoms with E-state index in [9.17, 15) is 0 Å². The number of nitrogens with zero attached hydrogens (tertiary/aromatic N) is 3. The zero-order valence-corrected chi connectivity index (χ0v) is 19.5. The summed E-state index contributed by atoms with van der Waals surface area (Å²) in [5, 5.41) is 3.00. The molecule has 0 bridgehead atoms. The van der Waals surface area contributed by atoms with E-state index in [0.717, 1.165) is 43.6 Å². The van der Waals surface area contributed by atoms with E-state index in [-0.39, 0.29) is 0 Å². The Kier molecular flexibility index (Phi) is 5.53. The van der Waals surface area contributed by atoms with Crippen molar-refractivity contribution in [2.24, 2.45) is 0 Å². The van der Waals surface area contributed by atoms with Crippen molar-refractivity contribution in [2.45, 2.75) is 0 Å². The Bertz CT molecular complexity index is 1620. The summed E-state index contributed by atoms with van der Waals surface area (Å²) in [6, 6.07) is 40.7. The summed E-state index contributed by atoms with van der Waals surface area (Å²) in [6.07, 6.45) is 0. The van der Waals surface area contributed by atoms with Gasteiger partial charge in [-0.3, -0.25) is 0 Å². The molecule has 0 aliphatic heterocycles. The van der Waals surface area contributed by atoms with Crippen molar-refractivity contribution in [1.82, 2.24) is 15.0 Å². The molecule has 0 atom stereocenters. The summed E-state index contributed by atoms with van der Waals surface area (Å²) in [7, 11) is 0. The third kappa shape index (κ3) is 4.30. The predicted octanol–water partition coefficient (Wildman–Crippen LogP) is 8.35. The van der Waals surface area contributed by atoms with Gasteiger partial charge in [0.25, 0.3) is 0 Å². The summed E-state index contributed by atoms with van der Waals surface area (Å²) in [5.41, 5.74) is 5.09. The standard InChI is InChI=1S/C31H20ClN3/c32-26-19-17-22(18-20-26)21-13-15-25(16-14-21)30-33-29(24-8-2-1-3-9-24)34-31(35-30)28-12-6-10-23-7-4-5-11-27(23)28/h1-20H. The lowest BCUT2D eigenvalue weighted by molar-refractivity contribution is 1.08. The van der Waals surface area contributed by atoms with Crippen molar-refractivity contribution in [3.05, 3.63) is 126 Å². The Morgan fingerprint density at radius 1 is 0.400 bits per heavy atom. The Labute approximate surface area is 208 Å². The Hall–Kier alpha value is -4.34. The fraction of sp³-hybridized carbons (Fsp3) is 0. The van der Waals surface area contributed by atoms with E-state index < -0.39 is 0 Å². The Morgan fingerprint density at radius 2 is 0.914 bits per heavy atom. The van der Waals surface area contributed by atoms with Gasteiger partial charge in [-0.25, -0.2) is 15.0 Å². The third-order valence-corrected chi connectivity index (χ3v) is 6.27. The maximum absolute atomic E-state index is 6.05. The molecule has 6 rings (SSSR count). The van der Waals surface area contributed by atoms with Crippen LogP contribution >= 0.6 is 11.6 Å².